The number of benzene rings is 1. The van der Waals surface area contributed by atoms with Crippen molar-refractivity contribution < 1.29 is 4.74 Å². The van der Waals surface area contributed by atoms with Gasteiger partial charge < -0.3 is 14.6 Å². The van der Waals surface area contributed by atoms with E-state index in [9.17, 15) is 0 Å². The number of hydrogen-bond acceptors (Lipinski definition) is 7. The van der Waals surface area contributed by atoms with Crippen LogP contribution in [-0.2, 0) is 6.54 Å². The first-order valence-corrected chi connectivity index (χ1v) is 12.3. The molecule has 4 aromatic rings. The number of fused-ring (bicyclic) bond motifs is 1. The molecule has 0 aliphatic rings. The molecular formula is C24H29N5OS2. The molecule has 1 aromatic carbocycles. The molecule has 32 heavy (non-hydrogen) atoms. The highest BCUT2D eigenvalue weighted by Gasteiger charge is 2.18. The fraction of sp³-hybridized carbons (Fsp3) is 0.375. The summed E-state index contributed by atoms with van der Waals surface area (Å²) in [4.78, 5) is 16.2. The van der Waals surface area contributed by atoms with E-state index in [1.54, 1.807) is 36.5 Å². The van der Waals surface area contributed by atoms with E-state index in [-0.39, 0.29) is 5.41 Å². The Morgan fingerprint density at radius 2 is 2.03 bits per heavy atom. The van der Waals surface area contributed by atoms with Gasteiger partial charge >= 0.3 is 0 Å². The van der Waals surface area contributed by atoms with Crippen LogP contribution in [0.25, 0.3) is 21.6 Å². The molecule has 0 spiro atoms. The number of hydrogen-bond donors (Lipinski definition) is 1. The van der Waals surface area contributed by atoms with Crippen LogP contribution in [0.4, 0.5) is 0 Å². The Labute approximate surface area is 197 Å². The smallest absolute Gasteiger partial charge is 0.175 e. The highest BCUT2D eigenvalue weighted by Crippen LogP contribution is 2.40. The van der Waals surface area contributed by atoms with Crippen LogP contribution in [-0.4, -0.2) is 39.7 Å². The predicted octanol–water partition coefficient (Wildman–Crippen LogP) is 5.66. The van der Waals surface area contributed by atoms with Gasteiger partial charge in [-0.25, -0.2) is 15.0 Å². The van der Waals surface area contributed by atoms with Crippen molar-refractivity contribution in [2.24, 2.45) is 5.41 Å². The van der Waals surface area contributed by atoms with Crippen molar-refractivity contribution in [1.82, 2.24) is 24.8 Å². The number of methoxy groups -OCH3 is 1. The molecule has 1 N–H and O–H groups in total. The van der Waals surface area contributed by atoms with Crippen LogP contribution in [0.3, 0.4) is 0 Å². The maximum Gasteiger partial charge on any atom is 0.175 e. The number of aromatic nitrogens is 4. The van der Waals surface area contributed by atoms with Gasteiger partial charge in [0.25, 0.3) is 0 Å². The molecule has 3 heterocycles. The number of imidazole rings is 1. The Hall–Kier alpha value is -2.42. The molecule has 0 aliphatic carbocycles. The van der Waals surface area contributed by atoms with Crippen LogP contribution < -0.4 is 10.1 Å². The van der Waals surface area contributed by atoms with Crippen LogP contribution >= 0.6 is 23.1 Å². The molecule has 6 nitrogen and oxygen atoms in total. The molecule has 8 heteroatoms. The molecule has 0 unspecified atom stereocenters. The SMILES string of the molecule is COc1ccc(-c2cccs2)c(Sc2nc3c(C)ncnc3n2CCNCC(C)(C)C)c1. The average Bonchev–Trinajstić information content (AvgIpc) is 3.40. The first-order chi connectivity index (χ1) is 15.4. The van der Waals surface area contributed by atoms with Gasteiger partial charge in [-0.05, 0) is 42.0 Å². The zero-order valence-corrected chi connectivity index (χ0v) is 20.8. The van der Waals surface area contributed by atoms with E-state index in [2.05, 4.69) is 70.3 Å². The van der Waals surface area contributed by atoms with E-state index >= 15 is 0 Å². The summed E-state index contributed by atoms with van der Waals surface area (Å²) in [7, 11) is 1.70. The molecule has 0 bridgehead atoms. The fourth-order valence-corrected chi connectivity index (χ4v) is 5.33. The zero-order valence-electron chi connectivity index (χ0n) is 19.2. The van der Waals surface area contributed by atoms with E-state index in [4.69, 9.17) is 9.72 Å². The number of ether oxygens (including phenoxy) is 1. The van der Waals surface area contributed by atoms with E-state index in [0.29, 0.717) is 0 Å². The van der Waals surface area contributed by atoms with Crippen LogP contribution in [0.15, 0.2) is 52.1 Å². The third kappa shape index (κ3) is 5.14. The third-order valence-corrected chi connectivity index (χ3v) is 6.98. The van der Waals surface area contributed by atoms with Crippen molar-refractivity contribution in [2.75, 3.05) is 20.2 Å². The van der Waals surface area contributed by atoms with Crippen molar-refractivity contribution >= 4 is 34.3 Å². The zero-order chi connectivity index (χ0) is 22.7. The van der Waals surface area contributed by atoms with E-state index in [1.165, 1.54) is 10.4 Å². The summed E-state index contributed by atoms with van der Waals surface area (Å²) in [6, 6.07) is 10.4. The Bertz CT molecular complexity index is 1200. The quantitative estimate of drug-likeness (QED) is 0.337. The molecular weight excluding hydrogens is 438 g/mol. The number of nitrogens with one attached hydrogen (secondary N) is 1. The summed E-state index contributed by atoms with van der Waals surface area (Å²) >= 11 is 3.38. The third-order valence-electron chi connectivity index (χ3n) is 5.02. The van der Waals surface area contributed by atoms with E-state index < -0.39 is 0 Å². The molecule has 0 aliphatic heterocycles. The van der Waals surface area contributed by atoms with Crippen molar-refractivity contribution in [3.63, 3.8) is 0 Å². The number of rotatable bonds is 8. The molecule has 3 aromatic heterocycles. The normalized spacial score (nSPS) is 11.9. The lowest BCUT2D eigenvalue weighted by atomic mass is 9.97. The highest BCUT2D eigenvalue weighted by atomic mass is 32.2. The largest absolute Gasteiger partial charge is 0.497 e. The lowest BCUT2D eigenvalue weighted by Gasteiger charge is -2.19. The fourth-order valence-electron chi connectivity index (χ4n) is 3.41. The summed E-state index contributed by atoms with van der Waals surface area (Å²) in [5, 5.41) is 6.58. The summed E-state index contributed by atoms with van der Waals surface area (Å²) in [6.07, 6.45) is 1.62. The minimum absolute atomic E-state index is 0.240. The minimum Gasteiger partial charge on any atom is -0.497 e. The van der Waals surface area contributed by atoms with Crippen molar-refractivity contribution in [2.45, 2.75) is 44.3 Å². The van der Waals surface area contributed by atoms with Gasteiger partial charge in [0.05, 0.1) is 12.8 Å². The van der Waals surface area contributed by atoms with Crippen molar-refractivity contribution in [3.8, 4) is 16.2 Å². The van der Waals surface area contributed by atoms with Crippen LogP contribution in [0, 0.1) is 12.3 Å². The molecule has 4 rings (SSSR count). The van der Waals surface area contributed by atoms with Gasteiger partial charge in [0, 0.05) is 35.0 Å². The van der Waals surface area contributed by atoms with Gasteiger partial charge in [0.2, 0.25) is 0 Å². The molecule has 0 radical (unpaired) electrons. The van der Waals surface area contributed by atoms with Crippen molar-refractivity contribution in [1.29, 1.82) is 0 Å². The number of aryl methyl sites for hydroxylation is 1. The summed E-state index contributed by atoms with van der Waals surface area (Å²) < 4.78 is 7.71. The predicted molar refractivity (Wildman–Crippen MR) is 133 cm³/mol. The van der Waals surface area contributed by atoms with Gasteiger partial charge in [0.15, 0.2) is 10.8 Å². The first-order valence-electron chi connectivity index (χ1n) is 10.6. The molecule has 0 saturated heterocycles. The Morgan fingerprint density at radius 3 is 2.75 bits per heavy atom. The monoisotopic (exact) mass is 467 g/mol. The molecule has 0 fully saturated rings. The second-order valence-corrected chi connectivity index (χ2v) is 10.8. The highest BCUT2D eigenvalue weighted by molar-refractivity contribution is 7.99. The maximum atomic E-state index is 5.51. The minimum atomic E-state index is 0.240. The molecule has 0 saturated carbocycles. The van der Waals surface area contributed by atoms with Crippen LogP contribution in [0.1, 0.15) is 26.5 Å². The van der Waals surface area contributed by atoms with Crippen molar-refractivity contribution in [3.05, 3.63) is 47.7 Å². The molecule has 0 atom stereocenters. The Morgan fingerprint density at radius 1 is 1.19 bits per heavy atom. The lowest BCUT2D eigenvalue weighted by molar-refractivity contribution is 0.375. The second kappa shape index (κ2) is 9.60. The topological polar surface area (TPSA) is 64.9 Å². The van der Waals surface area contributed by atoms with Gasteiger partial charge in [-0.1, -0.05) is 38.6 Å². The van der Waals surface area contributed by atoms with Gasteiger partial charge in [-0.2, -0.15) is 0 Å². The number of thiophene rings is 1. The van der Waals surface area contributed by atoms with E-state index in [1.807, 2.05) is 13.0 Å². The molecule has 168 valence electrons. The Balaban J connectivity index is 1.71. The van der Waals surface area contributed by atoms with Gasteiger partial charge in [-0.3, -0.25) is 0 Å². The summed E-state index contributed by atoms with van der Waals surface area (Å²) in [6.45, 7) is 11.3. The summed E-state index contributed by atoms with van der Waals surface area (Å²) in [5.74, 6) is 0.832. The van der Waals surface area contributed by atoms with Gasteiger partial charge in [0.1, 0.15) is 17.6 Å². The number of nitrogens with zero attached hydrogens (tertiary/aromatic N) is 4. The second-order valence-electron chi connectivity index (χ2n) is 8.86. The summed E-state index contributed by atoms with van der Waals surface area (Å²) in [5.41, 5.74) is 4.04. The van der Waals surface area contributed by atoms with Crippen LogP contribution in [0.2, 0.25) is 0 Å². The van der Waals surface area contributed by atoms with Gasteiger partial charge in [-0.15, -0.1) is 11.3 Å². The van der Waals surface area contributed by atoms with Crippen LogP contribution in [0.5, 0.6) is 5.75 Å². The first kappa shape index (κ1) is 22.8. The lowest BCUT2D eigenvalue weighted by Crippen LogP contribution is -2.29. The Kier molecular flexibility index (Phi) is 6.83. The standard InChI is InChI=1S/C24H29N5OS2/c1-16-21-22(27-15-26-16)29(11-10-25-14-24(2,3)4)23(28-21)32-20-13-17(30-5)8-9-18(20)19-7-6-12-31-19/h6-9,12-13,15,25H,10-11,14H2,1-5H3. The van der Waals surface area contributed by atoms with E-state index in [0.717, 1.165) is 52.3 Å². The maximum absolute atomic E-state index is 5.51. The average molecular weight is 468 g/mol. The molecule has 0 amide bonds.